The van der Waals surface area contributed by atoms with Crippen molar-refractivity contribution < 1.29 is 9.13 Å². The number of ether oxygens (including phenoxy) is 1. The SMILES string of the molecule is CCCNC(Cc1cccc(Cl)c1F)C1COC(C)C1. The molecule has 1 fully saturated rings. The lowest BCUT2D eigenvalue weighted by molar-refractivity contribution is 0.116. The highest BCUT2D eigenvalue weighted by Gasteiger charge is 2.30. The molecule has 4 heteroatoms. The van der Waals surface area contributed by atoms with E-state index in [-0.39, 0.29) is 16.9 Å². The summed E-state index contributed by atoms with van der Waals surface area (Å²) in [6, 6.07) is 5.47. The summed E-state index contributed by atoms with van der Waals surface area (Å²) < 4.78 is 19.7. The molecule has 3 atom stereocenters. The molecule has 3 unspecified atom stereocenters. The van der Waals surface area contributed by atoms with Gasteiger partial charge in [0.25, 0.3) is 0 Å². The van der Waals surface area contributed by atoms with Gasteiger partial charge in [0, 0.05) is 12.0 Å². The maximum absolute atomic E-state index is 14.1. The van der Waals surface area contributed by atoms with Crippen LogP contribution in [-0.2, 0) is 11.2 Å². The zero-order valence-corrected chi connectivity index (χ0v) is 12.9. The van der Waals surface area contributed by atoms with Crippen LogP contribution in [0, 0.1) is 11.7 Å². The first-order valence-electron chi connectivity index (χ1n) is 7.39. The van der Waals surface area contributed by atoms with E-state index < -0.39 is 0 Å². The molecular weight excluding hydrogens is 277 g/mol. The van der Waals surface area contributed by atoms with Gasteiger partial charge >= 0.3 is 0 Å². The van der Waals surface area contributed by atoms with E-state index in [1.807, 2.05) is 12.1 Å². The molecule has 2 nitrogen and oxygen atoms in total. The Morgan fingerprint density at radius 1 is 1.50 bits per heavy atom. The third-order valence-corrected chi connectivity index (χ3v) is 4.22. The maximum Gasteiger partial charge on any atom is 0.145 e. The summed E-state index contributed by atoms with van der Waals surface area (Å²) in [7, 11) is 0. The number of rotatable bonds is 6. The second-order valence-corrected chi connectivity index (χ2v) is 6.02. The van der Waals surface area contributed by atoms with Gasteiger partial charge in [0.1, 0.15) is 5.82 Å². The van der Waals surface area contributed by atoms with E-state index in [0.29, 0.717) is 24.0 Å². The Morgan fingerprint density at radius 3 is 2.95 bits per heavy atom. The van der Waals surface area contributed by atoms with Crippen LogP contribution in [0.25, 0.3) is 0 Å². The van der Waals surface area contributed by atoms with Gasteiger partial charge in [-0.2, -0.15) is 0 Å². The van der Waals surface area contributed by atoms with Crippen molar-refractivity contribution in [3.63, 3.8) is 0 Å². The molecule has 112 valence electrons. The van der Waals surface area contributed by atoms with Gasteiger partial charge in [-0.1, -0.05) is 30.7 Å². The first-order chi connectivity index (χ1) is 9.61. The minimum Gasteiger partial charge on any atom is -0.378 e. The number of hydrogen-bond acceptors (Lipinski definition) is 2. The van der Waals surface area contributed by atoms with Crippen LogP contribution in [0.3, 0.4) is 0 Å². The lowest BCUT2D eigenvalue weighted by Crippen LogP contribution is -2.39. The van der Waals surface area contributed by atoms with Gasteiger partial charge in [0.05, 0.1) is 17.7 Å². The zero-order chi connectivity index (χ0) is 14.5. The minimum absolute atomic E-state index is 0.202. The van der Waals surface area contributed by atoms with Crippen molar-refractivity contribution in [2.75, 3.05) is 13.2 Å². The van der Waals surface area contributed by atoms with Crippen molar-refractivity contribution in [1.29, 1.82) is 0 Å². The van der Waals surface area contributed by atoms with E-state index in [4.69, 9.17) is 16.3 Å². The highest BCUT2D eigenvalue weighted by atomic mass is 35.5. The fourth-order valence-electron chi connectivity index (χ4n) is 2.81. The average Bonchev–Trinajstić information content (AvgIpc) is 2.86. The van der Waals surface area contributed by atoms with Gasteiger partial charge in [-0.05, 0) is 44.4 Å². The van der Waals surface area contributed by atoms with Crippen LogP contribution in [0.2, 0.25) is 5.02 Å². The molecule has 0 amide bonds. The van der Waals surface area contributed by atoms with Crippen molar-refractivity contribution in [1.82, 2.24) is 5.32 Å². The summed E-state index contributed by atoms with van der Waals surface area (Å²) in [4.78, 5) is 0. The molecule has 1 aromatic carbocycles. The number of benzene rings is 1. The van der Waals surface area contributed by atoms with Crippen LogP contribution >= 0.6 is 11.6 Å². The topological polar surface area (TPSA) is 21.3 Å². The van der Waals surface area contributed by atoms with E-state index in [1.54, 1.807) is 6.07 Å². The largest absolute Gasteiger partial charge is 0.378 e. The molecule has 2 rings (SSSR count). The molecule has 0 aliphatic carbocycles. The van der Waals surface area contributed by atoms with E-state index >= 15 is 0 Å². The standard InChI is InChI=1S/C16H23ClFNO/c1-3-7-19-15(13-8-11(2)20-10-13)9-12-5-4-6-14(17)16(12)18/h4-6,11,13,15,19H,3,7-10H2,1-2H3. The molecule has 0 bridgehead atoms. The van der Waals surface area contributed by atoms with Gasteiger partial charge in [-0.3, -0.25) is 0 Å². The monoisotopic (exact) mass is 299 g/mol. The Bertz CT molecular complexity index is 440. The normalized spacial score (nSPS) is 24.0. The van der Waals surface area contributed by atoms with Crippen molar-refractivity contribution in [3.8, 4) is 0 Å². The van der Waals surface area contributed by atoms with Gasteiger partial charge in [0.2, 0.25) is 0 Å². The first-order valence-corrected chi connectivity index (χ1v) is 7.77. The van der Waals surface area contributed by atoms with Crippen LogP contribution in [-0.4, -0.2) is 25.3 Å². The fraction of sp³-hybridized carbons (Fsp3) is 0.625. The lowest BCUT2D eigenvalue weighted by Gasteiger charge is -2.24. The van der Waals surface area contributed by atoms with Crippen LogP contribution < -0.4 is 5.32 Å². The van der Waals surface area contributed by atoms with Crippen LogP contribution in [0.4, 0.5) is 4.39 Å². The number of halogens is 2. The Kier molecular flexibility index (Phi) is 5.82. The lowest BCUT2D eigenvalue weighted by atomic mass is 9.91. The summed E-state index contributed by atoms with van der Waals surface area (Å²) in [6.07, 6.45) is 3.06. The molecule has 0 spiro atoms. The Balaban J connectivity index is 2.08. The molecule has 20 heavy (non-hydrogen) atoms. The molecule has 1 aliphatic rings. The first kappa shape index (κ1) is 15.7. The highest BCUT2D eigenvalue weighted by molar-refractivity contribution is 6.30. The van der Waals surface area contributed by atoms with Gasteiger partial charge in [-0.15, -0.1) is 0 Å². The maximum atomic E-state index is 14.1. The van der Waals surface area contributed by atoms with Crippen molar-refractivity contribution in [2.24, 2.45) is 5.92 Å². The molecule has 1 N–H and O–H groups in total. The van der Waals surface area contributed by atoms with Crippen molar-refractivity contribution >= 4 is 11.6 Å². The summed E-state index contributed by atoms with van der Waals surface area (Å²) in [5.74, 6) is 0.152. The van der Waals surface area contributed by atoms with Gasteiger partial charge in [-0.25, -0.2) is 4.39 Å². The Hall–Kier alpha value is -0.640. The second-order valence-electron chi connectivity index (χ2n) is 5.62. The predicted octanol–water partition coefficient (Wildman–Crippen LogP) is 3.81. The highest BCUT2D eigenvalue weighted by Crippen LogP contribution is 2.26. The molecule has 1 aliphatic heterocycles. The molecule has 1 aromatic rings. The Labute approximate surface area is 125 Å². The molecule has 1 heterocycles. The zero-order valence-electron chi connectivity index (χ0n) is 12.2. The summed E-state index contributed by atoms with van der Waals surface area (Å²) in [6.45, 7) is 5.93. The molecular formula is C16H23ClFNO. The van der Waals surface area contributed by atoms with Crippen molar-refractivity contribution in [3.05, 3.63) is 34.6 Å². The van der Waals surface area contributed by atoms with Crippen LogP contribution in [0.1, 0.15) is 32.3 Å². The third kappa shape index (κ3) is 3.94. The number of nitrogens with one attached hydrogen (secondary N) is 1. The third-order valence-electron chi connectivity index (χ3n) is 3.93. The molecule has 1 saturated heterocycles. The molecule has 0 radical (unpaired) electrons. The van der Waals surface area contributed by atoms with Crippen LogP contribution in [0.15, 0.2) is 18.2 Å². The van der Waals surface area contributed by atoms with E-state index in [1.165, 1.54) is 0 Å². The second kappa shape index (κ2) is 7.39. The van der Waals surface area contributed by atoms with E-state index in [2.05, 4.69) is 19.2 Å². The molecule has 0 saturated carbocycles. The average molecular weight is 300 g/mol. The Morgan fingerprint density at radius 2 is 2.30 bits per heavy atom. The summed E-state index contributed by atoms with van der Waals surface area (Å²) in [5.41, 5.74) is 0.686. The quantitative estimate of drug-likeness (QED) is 0.862. The van der Waals surface area contributed by atoms with Crippen LogP contribution in [0.5, 0.6) is 0 Å². The molecule has 0 aromatic heterocycles. The van der Waals surface area contributed by atoms with Crippen molar-refractivity contribution in [2.45, 2.75) is 45.3 Å². The summed E-state index contributed by atoms with van der Waals surface area (Å²) in [5, 5.41) is 3.74. The van der Waals surface area contributed by atoms with Gasteiger partial charge in [0.15, 0.2) is 0 Å². The van der Waals surface area contributed by atoms with E-state index in [0.717, 1.165) is 26.0 Å². The summed E-state index contributed by atoms with van der Waals surface area (Å²) >= 11 is 5.86. The van der Waals surface area contributed by atoms with Gasteiger partial charge < -0.3 is 10.1 Å². The smallest absolute Gasteiger partial charge is 0.145 e. The minimum atomic E-state index is -0.288. The fourth-order valence-corrected chi connectivity index (χ4v) is 3.00. The number of hydrogen-bond donors (Lipinski definition) is 1. The van der Waals surface area contributed by atoms with E-state index in [9.17, 15) is 4.39 Å². The predicted molar refractivity (Wildman–Crippen MR) is 80.7 cm³/mol.